The first-order valence-corrected chi connectivity index (χ1v) is 4.65. The molecule has 2 rings (SSSR count). The van der Waals surface area contributed by atoms with Crippen molar-refractivity contribution in [3.63, 3.8) is 0 Å². The van der Waals surface area contributed by atoms with Gasteiger partial charge in [-0.25, -0.2) is 0 Å². The van der Waals surface area contributed by atoms with Crippen LogP contribution in [0.5, 0.6) is 0 Å². The average Bonchev–Trinajstić information content (AvgIpc) is 2.43. The molecule has 0 aromatic heterocycles. The van der Waals surface area contributed by atoms with Crippen LogP contribution in [0.15, 0.2) is 35.4 Å². The van der Waals surface area contributed by atoms with Crippen molar-refractivity contribution >= 4 is 11.4 Å². The smallest absolute Gasteiger partial charge is 0.177 e. The van der Waals surface area contributed by atoms with E-state index in [2.05, 4.69) is 10.5 Å². The molecule has 1 aliphatic heterocycles. The lowest BCUT2D eigenvalue weighted by atomic mass is 10.1. The maximum Gasteiger partial charge on any atom is 0.177 e. The molecule has 0 amide bonds. The summed E-state index contributed by atoms with van der Waals surface area (Å²) in [6.45, 7) is 3.85. The molecule has 2 atom stereocenters. The van der Waals surface area contributed by atoms with Crippen molar-refractivity contribution < 1.29 is 17.5 Å². The van der Waals surface area contributed by atoms with Crippen LogP contribution < -0.4 is 28.7 Å². The van der Waals surface area contributed by atoms with Gasteiger partial charge < -0.3 is 18.1 Å². The van der Waals surface area contributed by atoms with Gasteiger partial charge in [-0.2, -0.15) is 0 Å². The van der Waals surface area contributed by atoms with Crippen molar-refractivity contribution in [1.29, 1.82) is 0 Å². The number of halogens is 1. The van der Waals surface area contributed by atoms with Crippen LogP contribution in [-0.4, -0.2) is 11.4 Å². The van der Waals surface area contributed by atoms with Crippen molar-refractivity contribution in [3.8, 4) is 0 Å². The Hall–Kier alpha value is -0.940. The molecule has 4 N–H and O–H groups in total. The Morgan fingerprint density at radius 3 is 2.40 bits per heavy atom. The minimum atomic E-state index is -0.509. The van der Waals surface area contributed by atoms with Crippen molar-refractivity contribution in [2.24, 2.45) is 10.8 Å². The number of hydrogen-bond acceptors (Lipinski definition) is 3. The summed E-state index contributed by atoms with van der Waals surface area (Å²) in [5.74, 6) is 0. The second kappa shape index (κ2) is 4.28. The zero-order chi connectivity index (χ0) is 10.2. The van der Waals surface area contributed by atoms with Gasteiger partial charge in [-0.15, -0.1) is 10.5 Å². The quantitative estimate of drug-likeness (QED) is 0.472. The van der Waals surface area contributed by atoms with Gasteiger partial charge in [0.15, 0.2) is 11.4 Å². The van der Waals surface area contributed by atoms with E-state index in [9.17, 15) is 0 Å². The Morgan fingerprint density at radius 2 is 1.93 bits per heavy atom. The number of quaternary nitrogens is 1. The van der Waals surface area contributed by atoms with E-state index in [0.717, 1.165) is 16.5 Å². The minimum absolute atomic E-state index is 0. The molecular weight excluding hydrogens is 212 g/mol. The second-order valence-electron chi connectivity index (χ2n) is 3.74. The monoisotopic (exact) mass is 226 g/mol. The molecule has 4 nitrogen and oxygen atoms in total. The first-order chi connectivity index (χ1) is 6.59. The van der Waals surface area contributed by atoms with Crippen molar-refractivity contribution in [2.75, 3.05) is 0 Å². The van der Waals surface area contributed by atoms with Crippen LogP contribution >= 0.6 is 0 Å². The van der Waals surface area contributed by atoms with E-state index in [0.29, 0.717) is 0 Å². The Bertz CT molecular complexity index is 361. The third-order valence-electron chi connectivity index (χ3n) is 2.46. The lowest BCUT2D eigenvalue weighted by Crippen LogP contribution is -3.10. The van der Waals surface area contributed by atoms with Crippen LogP contribution in [0.3, 0.4) is 0 Å². The van der Waals surface area contributed by atoms with Crippen LogP contribution in [0, 0.1) is 0 Å². The molecule has 1 aliphatic rings. The summed E-state index contributed by atoms with van der Waals surface area (Å²) in [7, 11) is 0. The van der Waals surface area contributed by atoms with Gasteiger partial charge in [0.1, 0.15) is 5.71 Å². The third-order valence-corrected chi connectivity index (χ3v) is 2.46. The van der Waals surface area contributed by atoms with E-state index < -0.39 is 5.66 Å². The van der Waals surface area contributed by atoms with Crippen LogP contribution in [0.2, 0.25) is 0 Å². The number of nitrogens with two attached hydrogens (primary N) is 1. The summed E-state index contributed by atoms with van der Waals surface area (Å²) >= 11 is 0. The lowest BCUT2D eigenvalue weighted by molar-refractivity contribution is -0.886. The Balaban J connectivity index is 0.00000112. The fraction of sp³-hybridized carbons (Fsp3) is 0.300. The Kier molecular flexibility index (Phi) is 3.46. The van der Waals surface area contributed by atoms with Gasteiger partial charge >= 0.3 is 0 Å². The molecule has 82 valence electrons. The molecule has 15 heavy (non-hydrogen) atoms. The summed E-state index contributed by atoms with van der Waals surface area (Å²) in [6.07, 6.45) is 0. The Morgan fingerprint density at radius 1 is 1.33 bits per heavy atom. The van der Waals surface area contributed by atoms with E-state index in [1.165, 1.54) is 0 Å². The molecule has 2 unspecified atom stereocenters. The van der Waals surface area contributed by atoms with Crippen LogP contribution in [0.1, 0.15) is 13.8 Å². The predicted molar refractivity (Wildman–Crippen MR) is 55.9 cm³/mol. The van der Waals surface area contributed by atoms with Crippen molar-refractivity contribution in [1.82, 2.24) is 5.43 Å². The van der Waals surface area contributed by atoms with E-state index in [-0.39, 0.29) is 12.4 Å². The zero-order valence-corrected chi connectivity index (χ0v) is 9.55. The summed E-state index contributed by atoms with van der Waals surface area (Å²) in [6, 6.07) is 9.99. The molecule has 0 saturated heterocycles. The molecule has 1 aromatic carbocycles. The molecule has 0 aliphatic carbocycles. The number of hydrogen-bond donors (Lipinski definition) is 3. The van der Waals surface area contributed by atoms with Gasteiger partial charge in [0, 0.05) is 12.1 Å². The lowest BCUT2D eigenvalue weighted by Gasteiger charge is -2.16. The number of nitrogens with zero attached hydrogens (tertiary/aromatic N) is 1. The highest BCUT2D eigenvalue weighted by Crippen LogP contribution is 2.04. The summed E-state index contributed by atoms with van der Waals surface area (Å²) in [5.41, 5.74) is 10.6. The van der Waals surface area contributed by atoms with Gasteiger partial charge in [0.2, 0.25) is 0 Å². The van der Waals surface area contributed by atoms with Gasteiger partial charge in [-0.1, -0.05) is 23.3 Å². The number of benzene rings is 1. The van der Waals surface area contributed by atoms with Gasteiger partial charge in [0.25, 0.3) is 0 Å². The van der Waals surface area contributed by atoms with Crippen LogP contribution in [0.4, 0.5) is 5.69 Å². The number of rotatable bonds is 1. The molecule has 5 heteroatoms. The molecule has 0 spiro atoms. The van der Waals surface area contributed by atoms with E-state index in [1.807, 2.05) is 44.2 Å². The number of nitrogens with one attached hydrogen (secondary N) is 2. The minimum Gasteiger partial charge on any atom is -1.00 e. The summed E-state index contributed by atoms with van der Waals surface area (Å²) in [4.78, 5) is 0. The van der Waals surface area contributed by atoms with Crippen LogP contribution in [0.25, 0.3) is 0 Å². The molecule has 0 bridgehead atoms. The molecule has 0 radical (unpaired) electrons. The largest absolute Gasteiger partial charge is 1.00 e. The highest BCUT2D eigenvalue weighted by Gasteiger charge is 2.36. The van der Waals surface area contributed by atoms with Crippen molar-refractivity contribution in [3.05, 3.63) is 30.3 Å². The SMILES string of the molecule is CC1=N[NH+](c2ccccc2)NC1(C)N.[Cl-]. The second-order valence-corrected chi connectivity index (χ2v) is 3.74. The standard InChI is InChI=1S/C10H14N4.ClH/c1-8-10(2,11)13-14(12-8)9-6-4-3-5-7-9;/h3-7,13H,11H2,1-2H3;1H. The van der Waals surface area contributed by atoms with Gasteiger partial charge in [0.05, 0.1) is 0 Å². The topological polar surface area (TPSA) is 54.8 Å². The van der Waals surface area contributed by atoms with E-state index in [4.69, 9.17) is 5.73 Å². The molecule has 1 aromatic rings. The molecule has 1 heterocycles. The highest BCUT2D eigenvalue weighted by atomic mass is 35.5. The first kappa shape index (κ1) is 12.1. The van der Waals surface area contributed by atoms with Crippen molar-refractivity contribution in [2.45, 2.75) is 19.5 Å². The highest BCUT2D eigenvalue weighted by molar-refractivity contribution is 5.90. The molecule has 0 saturated carbocycles. The summed E-state index contributed by atoms with van der Waals surface area (Å²) < 4.78 is 0. The predicted octanol–water partition coefficient (Wildman–Crippen LogP) is -3.22. The number of para-hydroxylation sites is 1. The maximum absolute atomic E-state index is 5.99. The fourth-order valence-electron chi connectivity index (χ4n) is 1.38. The maximum atomic E-state index is 5.99. The van der Waals surface area contributed by atoms with E-state index in [1.54, 1.807) is 0 Å². The van der Waals surface area contributed by atoms with E-state index >= 15 is 0 Å². The summed E-state index contributed by atoms with van der Waals surface area (Å²) in [5, 5.41) is 5.26. The third kappa shape index (κ3) is 2.35. The fourth-order valence-corrected chi connectivity index (χ4v) is 1.38. The van der Waals surface area contributed by atoms with Gasteiger partial charge in [-0.05, 0) is 13.8 Å². The van der Waals surface area contributed by atoms with Gasteiger partial charge in [-0.3, -0.25) is 0 Å². The van der Waals surface area contributed by atoms with Crippen LogP contribution in [-0.2, 0) is 0 Å². The Labute approximate surface area is 95.5 Å². The zero-order valence-electron chi connectivity index (χ0n) is 8.79. The average molecular weight is 227 g/mol. The first-order valence-electron chi connectivity index (χ1n) is 4.65. The molecular formula is C10H15ClN4. The molecule has 0 fully saturated rings. The normalized spacial score (nSPS) is 29.5.